The lowest BCUT2D eigenvalue weighted by Gasteiger charge is -2.33. The summed E-state index contributed by atoms with van der Waals surface area (Å²) >= 11 is 0. The lowest BCUT2D eigenvalue weighted by atomic mass is 10.1. The Bertz CT molecular complexity index is 1640. The molecule has 0 spiro atoms. The second kappa shape index (κ2) is 12.6. The van der Waals surface area contributed by atoms with Crippen LogP contribution in [-0.4, -0.2) is 65.5 Å². The number of hydrogen-bond acceptors (Lipinski definition) is 6. The number of nitrogens with one attached hydrogen (secondary N) is 2. The van der Waals surface area contributed by atoms with E-state index in [0.717, 1.165) is 35.1 Å². The molecule has 3 aromatic heterocycles. The van der Waals surface area contributed by atoms with E-state index in [1.807, 2.05) is 35.4 Å². The van der Waals surface area contributed by atoms with Crippen LogP contribution in [0.5, 0.6) is 11.5 Å². The average molecular weight is 631 g/mol. The summed E-state index contributed by atoms with van der Waals surface area (Å²) in [5.74, 6) is -2.54. The molecule has 4 heterocycles. The summed E-state index contributed by atoms with van der Waals surface area (Å²) in [5.41, 5.74) is 1.04. The number of alkyl halides is 1. The van der Waals surface area contributed by atoms with Crippen LogP contribution in [0.25, 0.3) is 22.3 Å². The highest BCUT2D eigenvalue weighted by molar-refractivity contribution is 6.76. The van der Waals surface area contributed by atoms with E-state index in [1.54, 1.807) is 0 Å². The number of benzene rings is 1. The standard InChI is InChI=1S/C30H37F3N6O4Si/c1-6-39-24(11-19(2)37-39)21-14-38(18-41-9-10-44(3,4)5)28-26(21)25(7-8-34-28)43-27-22(31)12-20(13-23(27)32)36-29(40)35-15-30(33)16-42-17-30/h7-8,11-14H,6,9-10,15-18H2,1-5H3,(H2,35,36,40). The average Bonchev–Trinajstić information content (AvgIpc) is 3.50. The van der Waals surface area contributed by atoms with E-state index in [4.69, 9.17) is 14.2 Å². The van der Waals surface area contributed by atoms with Gasteiger partial charge >= 0.3 is 6.03 Å². The number of rotatable bonds is 12. The van der Waals surface area contributed by atoms with Crippen molar-refractivity contribution >= 4 is 30.8 Å². The highest BCUT2D eigenvalue weighted by Crippen LogP contribution is 2.40. The molecule has 0 atom stereocenters. The van der Waals surface area contributed by atoms with Crippen molar-refractivity contribution < 1.29 is 32.2 Å². The Hall–Kier alpha value is -3.88. The fourth-order valence-electron chi connectivity index (χ4n) is 4.79. The second-order valence-corrected chi connectivity index (χ2v) is 17.8. The lowest BCUT2D eigenvalue weighted by molar-refractivity contribution is -0.125. The third-order valence-corrected chi connectivity index (χ3v) is 8.88. The predicted molar refractivity (Wildman–Crippen MR) is 164 cm³/mol. The van der Waals surface area contributed by atoms with Crippen LogP contribution in [0.3, 0.4) is 0 Å². The summed E-state index contributed by atoms with van der Waals surface area (Å²) in [7, 11) is -1.29. The number of carbonyl (C=O) groups excluding carboxylic acids is 1. The molecular weight excluding hydrogens is 593 g/mol. The molecule has 1 saturated heterocycles. The Morgan fingerprint density at radius 1 is 1.18 bits per heavy atom. The largest absolute Gasteiger partial charge is 0.450 e. The van der Waals surface area contributed by atoms with Gasteiger partial charge in [-0.25, -0.2) is 22.9 Å². The van der Waals surface area contributed by atoms with Gasteiger partial charge < -0.3 is 29.4 Å². The molecule has 1 aromatic carbocycles. The summed E-state index contributed by atoms with van der Waals surface area (Å²) in [6, 6.07) is 5.53. The number of hydrogen-bond donors (Lipinski definition) is 2. The number of halogens is 3. The molecule has 1 aliphatic rings. The van der Waals surface area contributed by atoms with Crippen LogP contribution in [0.1, 0.15) is 12.6 Å². The van der Waals surface area contributed by atoms with E-state index in [-0.39, 0.29) is 37.9 Å². The first-order valence-electron chi connectivity index (χ1n) is 14.4. The molecule has 44 heavy (non-hydrogen) atoms. The summed E-state index contributed by atoms with van der Waals surface area (Å²) in [5, 5.41) is 9.77. The van der Waals surface area contributed by atoms with Gasteiger partial charge in [0.1, 0.15) is 18.1 Å². The Kier molecular flexibility index (Phi) is 9.04. The summed E-state index contributed by atoms with van der Waals surface area (Å²) in [6.45, 7) is 11.6. The van der Waals surface area contributed by atoms with Crippen molar-refractivity contribution in [1.29, 1.82) is 0 Å². The zero-order valence-electron chi connectivity index (χ0n) is 25.5. The third kappa shape index (κ3) is 7.08. The molecule has 236 valence electrons. The molecule has 0 unspecified atom stereocenters. The zero-order valence-corrected chi connectivity index (χ0v) is 26.5. The summed E-state index contributed by atoms with van der Waals surface area (Å²) in [6.07, 6.45) is 3.39. The number of nitrogens with zero attached hydrogens (tertiary/aromatic N) is 4. The predicted octanol–water partition coefficient (Wildman–Crippen LogP) is 6.47. The van der Waals surface area contributed by atoms with E-state index < -0.39 is 37.2 Å². The van der Waals surface area contributed by atoms with Crippen molar-refractivity contribution in [2.45, 2.75) is 58.5 Å². The molecule has 1 aliphatic heterocycles. The van der Waals surface area contributed by atoms with Crippen molar-refractivity contribution in [3.05, 3.63) is 54.0 Å². The fourth-order valence-corrected chi connectivity index (χ4v) is 5.54. The van der Waals surface area contributed by atoms with E-state index >= 15 is 8.78 Å². The minimum atomic E-state index is -1.65. The normalized spacial score (nSPS) is 14.5. The minimum absolute atomic E-state index is 0.123. The highest BCUT2D eigenvalue weighted by Gasteiger charge is 2.39. The number of ether oxygens (including phenoxy) is 3. The van der Waals surface area contributed by atoms with Crippen molar-refractivity contribution in [2.75, 3.05) is 31.7 Å². The molecule has 0 aliphatic carbocycles. The Labute approximate surface area is 254 Å². The van der Waals surface area contributed by atoms with Crippen LogP contribution in [0.15, 0.2) is 36.7 Å². The lowest BCUT2D eigenvalue weighted by Crippen LogP contribution is -2.54. The maximum absolute atomic E-state index is 15.3. The van der Waals surface area contributed by atoms with Gasteiger partial charge in [0.15, 0.2) is 23.1 Å². The fraction of sp³-hybridized carbons (Fsp3) is 0.433. The molecule has 0 radical (unpaired) electrons. The molecule has 4 aromatic rings. The monoisotopic (exact) mass is 630 g/mol. The number of urea groups is 1. The molecule has 2 N–H and O–H groups in total. The first-order valence-corrected chi connectivity index (χ1v) is 18.2. The topological polar surface area (TPSA) is 104 Å². The van der Waals surface area contributed by atoms with Gasteiger partial charge in [0.2, 0.25) is 0 Å². The number of amides is 2. The van der Waals surface area contributed by atoms with Crippen molar-refractivity contribution in [3.63, 3.8) is 0 Å². The van der Waals surface area contributed by atoms with Gasteiger partial charge in [-0.05, 0) is 32.0 Å². The van der Waals surface area contributed by atoms with E-state index in [0.29, 0.717) is 24.2 Å². The molecule has 10 nitrogen and oxygen atoms in total. The quantitative estimate of drug-likeness (QED) is 0.137. The first kappa shape index (κ1) is 31.5. The number of anilines is 1. The molecular formula is C30H37F3N6O4Si. The highest BCUT2D eigenvalue weighted by atomic mass is 28.3. The Morgan fingerprint density at radius 3 is 2.55 bits per heavy atom. The van der Waals surface area contributed by atoms with Gasteiger partial charge in [0.05, 0.1) is 36.5 Å². The van der Waals surface area contributed by atoms with E-state index in [1.165, 1.54) is 12.3 Å². The molecule has 2 amide bonds. The smallest absolute Gasteiger partial charge is 0.319 e. The van der Waals surface area contributed by atoms with Gasteiger partial charge in [-0.15, -0.1) is 0 Å². The summed E-state index contributed by atoms with van der Waals surface area (Å²) in [4.78, 5) is 16.7. The van der Waals surface area contributed by atoms with Crippen molar-refractivity contribution in [2.24, 2.45) is 0 Å². The number of aromatic nitrogens is 4. The van der Waals surface area contributed by atoms with Gasteiger partial charge in [0.25, 0.3) is 0 Å². The van der Waals surface area contributed by atoms with Crippen LogP contribution in [0, 0.1) is 18.6 Å². The number of aryl methyl sites for hydroxylation is 2. The maximum Gasteiger partial charge on any atom is 0.319 e. The maximum atomic E-state index is 15.3. The first-order chi connectivity index (χ1) is 20.9. The molecule has 0 saturated carbocycles. The SMILES string of the molecule is CCn1nc(C)cc1-c1cn(COCC[Si](C)(C)C)c2nccc(Oc3c(F)cc(NC(=O)NCC4(F)COC4)cc3F)c12. The van der Waals surface area contributed by atoms with Gasteiger partial charge in [0, 0.05) is 57.0 Å². The number of carbonyl (C=O) groups is 1. The van der Waals surface area contributed by atoms with Crippen molar-refractivity contribution in [1.82, 2.24) is 24.6 Å². The van der Waals surface area contributed by atoms with Gasteiger partial charge in [-0.2, -0.15) is 5.10 Å². The third-order valence-electron chi connectivity index (χ3n) is 7.18. The van der Waals surface area contributed by atoms with Crippen LogP contribution in [0.4, 0.5) is 23.7 Å². The number of fused-ring (bicyclic) bond motifs is 1. The molecule has 1 fully saturated rings. The van der Waals surface area contributed by atoms with Crippen LogP contribution >= 0.6 is 0 Å². The summed E-state index contributed by atoms with van der Waals surface area (Å²) < 4.78 is 65.0. The number of pyridine rings is 1. The van der Waals surface area contributed by atoms with E-state index in [2.05, 4.69) is 40.4 Å². The van der Waals surface area contributed by atoms with E-state index in [9.17, 15) is 9.18 Å². The zero-order chi connectivity index (χ0) is 31.6. The van der Waals surface area contributed by atoms with Crippen LogP contribution in [0.2, 0.25) is 25.7 Å². The van der Waals surface area contributed by atoms with Gasteiger partial charge in [-0.1, -0.05) is 19.6 Å². The molecule has 5 rings (SSSR count). The van der Waals surface area contributed by atoms with Crippen LogP contribution < -0.4 is 15.4 Å². The Balaban J connectivity index is 1.44. The Morgan fingerprint density at radius 2 is 1.91 bits per heavy atom. The van der Waals surface area contributed by atoms with Crippen molar-refractivity contribution in [3.8, 4) is 22.8 Å². The molecule has 14 heteroatoms. The minimum Gasteiger partial charge on any atom is -0.450 e. The van der Waals surface area contributed by atoms with Gasteiger partial charge in [-0.3, -0.25) is 4.68 Å². The van der Waals surface area contributed by atoms with Crippen LogP contribution in [-0.2, 0) is 22.7 Å². The second-order valence-electron chi connectivity index (χ2n) is 12.2. The molecule has 0 bridgehead atoms.